The van der Waals surface area contributed by atoms with E-state index in [0.717, 1.165) is 6.20 Å². The van der Waals surface area contributed by atoms with E-state index in [9.17, 15) is 9.18 Å². The van der Waals surface area contributed by atoms with Crippen LogP contribution in [0.2, 0.25) is 0 Å². The van der Waals surface area contributed by atoms with Gasteiger partial charge in [-0.15, -0.1) is 0 Å². The standard InChI is InChI=1S/C15H15FN4O/c16-13-10-17-11-18-14(13)19-6-8-20(9-7-19)15(21)12-4-2-1-3-5-12/h1-5,10-11H,6-9H2. The molecule has 1 aromatic carbocycles. The van der Waals surface area contributed by atoms with Crippen molar-refractivity contribution >= 4 is 11.7 Å². The molecule has 0 radical (unpaired) electrons. The largest absolute Gasteiger partial charge is 0.351 e. The van der Waals surface area contributed by atoms with E-state index in [0.29, 0.717) is 37.6 Å². The lowest BCUT2D eigenvalue weighted by molar-refractivity contribution is 0.0746. The highest BCUT2D eigenvalue weighted by Gasteiger charge is 2.24. The maximum Gasteiger partial charge on any atom is 0.253 e. The predicted octanol–water partition coefficient (Wildman–Crippen LogP) is 1.58. The molecule has 0 unspecified atom stereocenters. The summed E-state index contributed by atoms with van der Waals surface area (Å²) in [5.41, 5.74) is 0.680. The minimum absolute atomic E-state index is 0.0124. The number of halogens is 1. The topological polar surface area (TPSA) is 49.3 Å². The van der Waals surface area contributed by atoms with Gasteiger partial charge in [-0.25, -0.2) is 14.4 Å². The van der Waals surface area contributed by atoms with Gasteiger partial charge in [0.15, 0.2) is 11.6 Å². The van der Waals surface area contributed by atoms with Crippen LogP contribution in [0.1, 0.15) is 10.4 Å². The Morgan fingerprint density at radius 3 is 2.48 bits per heavy atom. The first-order valence-electron chi connectivity index (χ1n) is 6.80. The highest BCUT2D eigenvalue weighted by atomic mass is 19.1. The van der Waals surface area contributed by atoms with Crippen molar-refractivity contribution in [2.45, 2.75) is 0 Å². The van der Waals surface area contributed by atoms with Gasteiger partial charge in [-0.05, 0) is 12.1 Å². The first-order valence-corrected chi connectivity index (χ1v) is 6.80. The smallest absolute Gasteiger partial charge is 0.253 e. The van der Waals surface area contributed by atoms with Crippen LogP contribution in [0, 0.1) is 5.82 Å². The van der Waals surface area contributed by atoms with Crippen LogP contribution < -0.4 is 4.90 Å². The zero-order chi connectivity index (χ0) is 14.7. The molecule has 1 amide bonds. The van der Waals surface area contributed by atoms with Crippen molar-refractivity contribution in [3.05, 3.63) is 54.2 Å². The lowest BCUT2D eigenvalue weighted by Crippen LogP contribution is -2.49. The van der Waals surface area contributed by atoms with Crippen LogP contribution in [-0.2, 0) is 0 Å². The zero-order valence-electron chi connectivity index (χ0n) is 11.4. The average Bonchev–Trinajstić information content (AvgIpc) is 2.56. The fourth-order valence-corrected chi connectivity index (χ4v) is 2.42. The first kappa shape index (κ1) is 13.5. The van der Waals surface area contributed by atoms with Crippen LogP contribution in [0.5, 0.6) is 0 Å². The van der Waals surface area contributed by atoms with Gasteiger partial charge in [0.2, 0.25) is 0 Å². The maximum atomic E-state index is 13.6. The molecule has 1 aliphatic heterocycles. The molecule has 0 N–H and O–H groups in total. The molecule has 0 spiro atoms. The number of hydrogen-bond acceptors (Lipinski definition) is 4. The van der Waals surface area contributed by atoms with Crippen LogP contribution in [0.3, 0.4) is 0 Å². The van der Waals surface area contributed by atoms with E-state index in [2.05, 4.69) is 9.97 Å². The number of carbonyl (C=O) groups is 1. The summed E-state index contributed by atoms with van der Waals surface area (Å²) in [6, 6.07) is 9.18. The SMILES string of the molecule is O=C(c1ccccc1)N1CCN(c2ncncc2F)CC1. The molecule has 3 rings (SSSR count). The summed E-state index contributed by atoms with van der Waals surface area (Å²) in [5, 5.41) is 0. The van der Waals surface area contributed by atoms with Gasteiger partial charge in [0.05, 0.1) is 6.20 Å². The Bertz CT molecular complexity index is 627. The molecule has 2 heterocycles. The molecule has 21 heavy (non-hydrogen) atoms. The summed E-state index contributed by atoms with van der Waals surface area (Å²) in [4.78, 5) is 23.6. The number of carbonyl (C=O) groups excluding carboxylic acids is 1. The van der Waals surface area contributed by atoms with Gasteiger partial charge in [0.1, 0.15) is 6.33 Å². The number of aromatic nitrogens is 2. The zero-order valence-corrected chi connectivity index (χ0v) is 11.4. The van der Waals surface area contributed by atoms with Gasteiger partial charge in [-0.2, -0.15) is 0 Å². The molecule has 2 aromatic rings. The van der Waals surface area contributed by atoms with Crippen LogP contribution in [0.15, 0.2) is 42.9 Å². The second-order valence-corrected chi connectivity index (χ2v) is 4.84. The molecule has 0 aliphatic carbocycles. The molecule has 6 heteroatoms. The fraction of sp³-hybridized carbons (Fsp3) is 0.267. The van der Waals surface area contributed by atoms with E-state index in [4.69, 9.17) is 0 Å². The number of nitrogens with zero attached hydrogens (tertiary/aromatic N) is 4. The Morgan fingerprint density at radius 2 is 1.81 bits per heavy atom. The first-order chi connectivity index (χ1) is 10.3. The molecule has 1 aliphatic rings. The number of amides is 1. The van der Waals surface area contributed by atoms with Crippen LogP contribution in [0.4, 0.5) is 10.2 Å². The van der Waals surface area contributed by atoms with Gasteiger partial charge >= 0.3 is 0 Å². The Labute approximate surface area is 122 Å². The quantitative estimate of drug-likeness (QED) is 0.841. The third-order valence-electron chi connectivity index (χ3n) is 3.54. The van der Waals surface area contributed by atoms with Gasteiger partial charge in [-0.3, -0.25) is 4.79 Å². The van der Waals surface area contributed by atoms with Crippen molar-refractivity contribution < 1.29 is 9.18 Å². The van der Waals surface area contributed by atoms with Crippen molar-refractivity contribution in [3.63, 3.8) is 0 Å². The van der Waals surface area contributed by atoms with Crippen LogP contribution in [-0.4, -0.2) is 47.0 Å². The Hall–Kier alpha value is -2.50. The number of benzene rings is 1. The van der Waals surface area contributed by atoms with E-state index < -0.39 is 5.82 Å². The predicted molar refractivity (Wildman–Crippen MR) is 76.5 cm³/mol. The van der Waals surface area contributed by atoms with Crippen molar-refractivity contribution in [2.24, 2.45) is 0 Å². The summed E-state index contributed by atoms with van der Waals surface area (Å²) in [6.45, 7) is 2.23. The summed E-state index contributed by atoms with van der Waals surface area (Å²) in [7, 11) is 0. The summed E-state index contributed by atoms with van der Waals surface area (Å²) < 4.78 is 13.6. The molecule has 0 atom stereocenters. The van der Waals surface area contributed by atoms with Gasteiger partial charge in [-0.1, -0.05) is 18.2 Å². The molecule has 0 bridgehead atoms. The lowest BCUT2D eigenvalue weighted by atomic mass is 10.2. The van der Waals surface area contributed by atoms with Gasteiger partial charge < -0.3 is 9.80 Å². The highest BCUT2D eigenvalue weighted by molar-refractivity contribution is 5.94. The summed E-state index contributed by atoms with van der Waals surface area (Å²) >= 11 is 0. The van der Waals surface area contributed by atoms with Crippen molar-refractivity contribution in [3.8, 4) is 0 Å². The lowest BCUT2D eigenvalue weighted by Gasteiger charge is -2.35. The Balaban J connectivity index is 1.66. The van der Waals surface area contributed by atoms with Crippen LogP contribution in [0.25, 0.3) is 0 Å². The minimum atomic E-state index is -0.430. The number of piperazine rings is 1. The normalized spacial score (nSPS) is 15.1. The second kappa shape index (κ2) is 5.87. The summed E-state index contributed by atoms with van der Waals surface area (Å²) in [6.07, 6.45) is 2.49. The number of rotatable bonds is 2. The highest BCUT2D eigenvalue weighted by Crippen LogP contribution is 2.17. The Kier molecular flexibility index (Phi) is 3.77. The maximum absolute atomic E-state index is 13.6. The van der Waals surface area contributed by atoms with E-state index >= 15 is 0 Å². The van der Waals surface area contributed by atoms with Crippen molar-refractivity contribution in [1.29, 1.82) is 0 Å². The molecule has 1 fully saturated rings. The number of hydrogen-bond donors (Lipinski definition) is 0. The second-order valence-electron chi connectivity index (χ2n) is 4.84. The molecular formula is C15H15FN4O. The number of anilines is 1. The minimum Gasteiger partial charge on any atom is -0.351 e. The fourth-order valence-electron chi connectivity index (χ4n) is 2.42. The van der Waals surface area contributed by atoms with Crippen LogP contribution >= 0.6 is 0 Å². The third kappa shape index (κ3) is 2.84. The average molecular weight is 286 g/mol. The van der Waals surface area contributed by atoms with Crippen molar-refractivity contribution in [1.82, 2.24) is 14.9 Å². The van der Waals surface area contributed by atoms with E-state index in [1.165, 1.54) is 6.33 Å². The third-order valence-corrected chi connectivity index (χ3v) is 3.54. The van der Waals surface area contributed by atoms with Crippen molar-refractivity contribution in [2.75, 3.05) is 31.1 Å². The van der Waals surface area contributed by atoms with E-state index in [-0.39, 0.29) is 5.91 Å². The summed E-state index contributed by atoms with van der Waals surface area (Å²) in [5.74, 6) is -0.115. The molecule has 0 saturated carbocycles. The van der Waals surface area contributed by atoms with Gasteiger partial charge in [0, 0.05) is 31.7 Å². The van der Waals surface area contributed by atoms with E-state index in [1.807, 2.05) is 23.1 Å². The monoisotopic (exact) mass is 286 g/mol. The molecule has 1 aromatic heterocycles. The Morgan fingerprint density at radius 1 is 1.10 bits per heavy atom. The molecule has 1 saturated heterocycles. The molecule has 108 valence electrons. The molecular weight excluding hydrogens is 271 g/mol. The van der Waals surface area contributed by atoms with E-state index in [1.54, 1.807) is 17.0 Å². The van der Waals surface area contributed by atoms with Gasteiger partial charge in [0.25, 0.3) is 5.91 Å². The molecule has 5 nitrogen and oxygen atoms in total.